The van der Waals surface area contributed by atoms with E-state index in [9.17, 15) is 4.79 Å². The normalized spacial score (nSPS) is 14.1. The summed E-state index contributed by atoms with van der Waals surface area (Å²) in [6, 6.07) is 15.3. The van der Waals surface area contributed by atoms with Crippen LogP contribution in [-0.4, -0.2) is 42.0 Å². The van der Waals surface area contributed by atoms with Gasteiger partial charge in [-0.3, -0.25) is 4.79 Å². The third-order valence-electron chi connectivity index (χ3n) is 6.58. The topological polar surface area (TPSA) is 109 Å². The molecule has 1 aliphatic heterocycles. The van der Waals surface area contributed by atoms with Crippen molar-refractivity contribution in [2.75, 3.05) is 32.0 Å². The lowest BCUT2D eigenvalue weighted by atomic mass is 9.93. The highest BCUT2D eigenvalue weighted by atomic mass is 35.5. The molecule has 0 unspecified atom stereocenters. The first-order valence-corrected chi connectivity index (χ1v) is 13.2. The van der Waals surface area contributed by atoms with Gasteiger partial charge >= 0.3 is 0 Å². The van der Waals surface area contributed by atoms with Crippen LogP contribution in [0.15, 0.2) is 72.2 Å². The summed E-state index contributed by atoms with van der Waals surface area (Å²) in [6.07, 6.45) is 1.42. The van der Waals surface area contributed by atoms with Crippen LogP contribution in [0.2, 0.25) is 10.0 Å². The Morgan fingerprint density at radius 1 is 1.00 bits per heavy atom. The van der Waals surface area contributed by atoms with Crippen LogP contribution in [0.1, 0.15) is 24.1 Å². The van der Waals surface area contributed by atoms with Crippen LogP contribution in [0, 0.1) is 0 Å². The summed E-state index contributed by atoms with van der Waals surface area (Å²) < 4.78 is 24.5. The third kappa shape index (κ3) is 5.61. The van der Waals surface area contributed by atoms with E-state index in [2.05, 4.69) is 20.7 Å². The van der Waals surface area contributed by atoms with Gasteiger partial charge in [0.25, 0.3) is 5.91 Å². The Morgan fingerprint density at radius 3 is 2.44 bits per heavy atom. The van der Waals surface area contributed by atoms with Crippen molar-refractivity contribution in [1.29, 1.82) is 0 Å². The number of hydrogen-bond acceptors (Lipinski definition) is 8. The number of allylic oxidation sites excluding steroid dienone is 1. The van der Waals surface area contributed by atoms with Crippen LogP contribution < -0.4 is 29.6 Å². The zero-order valence-electron chi connectivity index (χ0n) is 22.7. The zero-order valence-corrected chi connectivity index (χ0v) is 24.2. The molecule has 0 fully saturated rings. The molecular weight excluding hydrogens is 569 g/mol. The Balaban J connectivity index is 1.58. The second-order valence-corrected chi connectivity index (χ2v) is 9.87. The lowest BCUT2D eigenvalue weighted by Crippen LogP contribution is -2.32. The van der Waals surface area contributed by atoms with Gasteiger partial charge in [0.15, 0.2) is 11.5 Å². The van der Waals surface area contributed by atoms with Crippen LogP contribution >= 0.6 is 23.2 Å². The predicted octanol–water partition coefficient (Wildman–Crippen LogP) is 6.12. The highest BCUT2D eigenvalue weighted by Gasteiger charge is 2.36. The number of rotatable bonds is 9. The number of aromatic nitrogens is 3. The molecular formula is C29H27Cl2N5O5. The molecule has 1 aromatic heterocycles. The molecule has 0 spiro atoms. The van der Waals surface area contributed by atoms with Crippen molar-refractivity contribution in [2.45, 2.75) is 19.6 Å². The van der Waals surface area contributed by atoms with Gasteiger partial charge in [0.1, 0.15) is 30.5 Å². The summed E-state index contributed by atoms with van der Waals surface area (Å²) in [5.41, 5.74) is 2.90. The van der Waals surface area contributed by atoms with Crippen molar-refractivity contribution < 1.29 is 23.7 Å². The van der Waals surface area contributed by atoms with E-state index in [0.29, 0.717) is 61.5 Å². The van der Waals surface area contributed by atoms with Crippen LogP contribution in [-0.2, 0) is 11.4 Å². The number of ether oxygens (including phenoxy) is 4. The van der Waals surface area contributed by atoms with E-state index >= 15 is 0 Å². The SMILES string of the molecule is COc1cc(NC(=O)C2=C(C)Nc3ncnn3[C@@H]2c2cccc(OC)c2OCc2ccc(Cl)cc2)c(OC)cc1Cl. The third-order valence-corrected chi connectivity index (χ3v) is 7.13. The first-order valence-electron chi connectivity index (χ1n) is 12.5. The van der Waals surface area contributed by atoms with Gasteiger partial charge in [-0.25, -0.2) is 4.68 Å². The van der Waals surface area contributed by atoms with Crippen molar-refractivity contribution >= 4 is 40.7 Å². The Bertz CT molecular complexity index is 1620. The molecule has 1 amide bonds. The fourth-order valence-corrected chi connectivity index (χ4v) is 4.98. The van der Waals surface area contributed by atoms with Gasteiger partial charge in [-0.15, -0.1) is 0 Å². The summed E-state index contributed by atoms with van der Waals surface area (Å²) in [5.74, 6) is 1.78. The summed E-state index contributed by atoms with van der Waals surface area (Å²) in [4.78, 5) is 18.4. The van der Waals surface area contributed by atoms with Crippen LogP contribution in [0.4, 0.5) is 11.6 Å². The Kier molecular flexibility index (Phi) is 8.23. The molecule has 0 saturated carbocycles. The van der Waals surface area contributed by atoms with Crippen LogP contribution in [0.5, 0.6) is 23.0 Å². The molecule has 212 valence electrons. The number of nitrogens with zero attached hydrogens (tertiary/aromatic N) is 3. The van der Waals surface area contributed by atoms with Gasteiger partial charge in [-0.05, 0) is 30.7 Å². The monoisotopic (exact) mass is 595 g/mol. The number of carbonyl (C=O) groups excluding carboxylic acids is 1. The minimum atomic E-state index is -0.718. The summed E-state index contributed by atoms with van der Waals surface area (Å²) in [5, 5.41) is 11.5. The van der Waals surface area contributed by atoms with Gasteiger partial charge in [0.05, 0.1) is 37.6 Å². The second-order valence-electron chi connectivity index (χ2n) is 9.03. The Labute approximate surface area is 246 Å². The minimum Gasteiger partial charge on any atom is -0.495 e. The molecule has 5 rings (SSSR count). The number of fused-ring (bicyclic) bond motifs is 1. The van der Waals surface area contributed by atoms with E-state index in [0.717, 1.165) is 5.56 Å². The number of nitrogens with one attached hydrogen (secondary N) is 2. The molecule has 10 nitrogen and oxygen atoms in total. The lowest BCUT2D eigenvalue weighted by molar-refractivity contribution is -0.113. The van der Waals surface area contributed by atoms with Gasteiger partial charge in [0.2, 0.25) is 5.95 Å². The maximum Gasteiger partial charge on any atom is 0.255 e. The molecule has 1 aliphatic rings. The molecule has 0 radical (unpaired) electrons. The molecule has 0 aliphatic carbocycles. The molecule has 4 aromatic rings. The van der Waals surface area contributed by atoms with Crippen molar-refractivity contribution in [3.05, 3.63) is 93.4 Å². The molecule has 3 aromatic carbocycles. The van der Waals surface area contributed by atoms with Crippen molar-refractivity contribution in [2.24, 2.45) is 0 Å². The molecule has 0 bridgehead atoms. The molecule has 12 heteroatoms. The number of anilines is 2. The lowest BCUT2D eigenvalue weighted by Gasteiger charge is -2.30. The molecule has 2 N–H and O–H groups in total. The highest BCUT2D eigenvalue weighted by molar-refractivity contribution is 6.32. The van der Waals surface area contributed by atoms with Crippen molar-refractivity contribution in [3.63, 3.8) is 0 Å². The fraction of sp³-hybridized carbons (Fsp3) is 0.207. The second kappa shape index (κ2) is 12.0. The number of amides is 1. The van der Waals surface area contributed by atoms with E-state index in [4.69, 9.17) is 42.1 Å². The predicted molar refractivity (Wildman–Crippen MR) is 156 cm³/mol. The Hall–Kier alpha value is -4.41. The number of methoxy groups -OCH3 is 3. The van der Waals surface area contributed by atoms with Gasteiger partial charge in [-0.2, -0.15) is 10.1 Å². The van der Waals surface area contributed by atoms with Gasteiger partial charge in [0, 0.05) is 28.4 Å². The number of halogens is 2. The molecule has 41 heavy (non-hydrogen) atoms. The van der Waals surface area contributed by atoms with Gasteiger partial charge in [-0.1, -0.05) is 47.5 Å². The standard InChI is InChI=1S/C29H27Cl2N5O5/c1-16-25(28(37)35-21-13-23(39-3)20(31)12-24(21)40-4)26(36-29(34-16)32-15-33-36)19-6-5-7-22(38-2)27(19)41-14-17-8-10-18(30)11-9-17/h5-13,15,26H,14H2,1-4H3,(H,35,37)(H,32,33,34)/t26-/m1/s1. The Morgan fingerprint density at radius 2 is 1.73 bits per heavy atom. The molecule has 2 heterocycles. The van der Waals surface area contributed by atoms with E-state index in [1.54, 1.807) is 49.0 Å². The fourth-order valence-electron chi connectivity index (χ4n) is 4.62. The average molecular weight is 596 g/mol. The van der Waals surface area contributed by atoms with E-state index in [1.807, 2.05) is 24.3 Å². The maximum absolute atomic E-state index is 14.0. The first kappa shape index (κ1) is 28.1. The number of para-hydroxylation sites is 1. The van der Waals surface area contributed by atoms with Crippen molar-refractivity contribution in [1.82, 2.24) is 14.8 Å². The quantitative estimate of drug-likeness (QED) is 0.238. The van der Waals surface area contributed by atoms with E-state index in [-0.39, 0.29) is 6.61 Å². The molecule has 0 saturated heterocycles. The maximum atomic E-state index is 14.0. The van der Waals surface area contributed by atoms with Crippen molar-refractivity contribution in [3.8, 4) is 23.0 Å². The van der Waals surface area contributed by atoms with E-state index < -0.39 is 11.9 Å². The largest absolute Gasteiger partial charge is 0.495 e. The van der Waals surface area contributed by atoms with E-state index in [1.165, 1.54) is 20.5 Å². The van der Waals surface area contributed by atoms with Crippen LogP contribution in [0.3, 0.4) is 0 Å². The summed E-state index contributed by atoms with van der Waals surface area (Å²) in [7, 11) is 4.55. The molecule has 1 atom stereocenters. The summed E-state index contributed by atoms with van der Waals surface area (Å²) >= 11 is 12.3. The number of benzene rings is 3. The van der Waals surface area contributed by atoms with Gasteiger partial charge < -0.3 is 29.6 Å². The summed E-state index contributed by atoms with van der Waals surface area (Å²) in [6.45, 7) is 2.04. The number of carbonyl (C=O) groups is 1. The minimum absolute atomic E-state index is 0.242. The number of hydrogen-bond donors (Lipinski definition) is 2. The highest BCUT2D eigenvalue weighted by Crippen LogP contribution is 2.44. The smallest absolute Gasteiger partial charge is 0.255 e. The zero-order chi connectivity index (χ0) is 29.1. The average Bonchev–Trinajstić information content (AvgIpc) is 3.44. The van der Waals surface area contributed by atoms with Crippen LogP contribution in [0.25, 0.3) is 0 Å². The first-order chi connectivity index (χ1) is 19.8.